The number of benzene rings is 2. The molecule has 0 saturated heterocycles. The number of esters is 1. The van der Waals surface area contributed by atoms with E-state index in [-0.39, 0.29) is 5.97 Å². The average Bonchev–Trinajstić information content (AvgIpc) is 2.62. The lowest BCUT2D eigenvalue weighted by Gasteiger charge is -2.17. The monoisotopic (exact) mass is 344 g/mol. The van der Waals surface area contributed by atoms with Crippen LogP contribution in [-0.4, -0.2) is 26.8 Å². The summed E-state index contributed by atoms with van der Waals surface area (Å²) in [6.07, 6.45) is 0. The lowest BCUT2D eigenvalue weighted by atomic mass is 10.0. The van der Waals surface area contributed by atoms with Crippen LogP contribution < -0.4 is 14.2 Å². The Morgan fingerprint density at radius 2 is 1.72 bits per heavy atom. The summed E-state index contributed by atoms with van der Waals surface area (Å²) in [5.74, 6) is 1.58. The second kappa shape index (κ2) is 8.42. The van der Waals surface area contributed by atoms with Gasteiger partial charge < -0.3 is 18.9 Å². The number of aryl methyl sites for hydroxylation is 1. The van der Waals surface area contributed by atoms with Crippen molar-refractivity contribution in [3.8, 4) is 17.2 Å². The summed E-state index contributed by atoms with van der Waals surface area (Å²) in [5.41, 5.74) is 2.99. The largest absolute Gasteiger partial charge is 0.497 e. The molecule has 25 heavy (non-hydrogen) atoms. The highest BCUT2D eigenvalue weighted by Gasteiger charge is 2.21. The topological polar surface area (TPSA) is 54.0 Å². The van der Waals surface area contributed by atoms with Crippen LogP contribution in [0.25, 0.3) is 0 Å². The predicted molar refractivity (Wildman–Crippen MR) is 95.8 cm³/mol. The Kier molecular flexibility index (Phi) is 6.28. The molecule has 5 nitrogen and oxygen atoms in total. The van der Waals surface area contributed by atoms with Crippen molar-refractivity contribution in [2.45, 2.75) is 27.4 Å². The molecule has 0 bridgehead atoms. The first-order chi connectivity index (χ1) is 12.0. The summed E-state index contributed by atoms with van der Waals surface area (Å²) < 4.78 is 21.7. The van der Waals surface area contributed by atoms with E-state index in [1.54, 1.807) is 14.0 Å². The van der Waals surface area contributed by atoms with E-state index in [2.05, 4.69) is 0 Å². The quantitative estimate of drug-likeness (QED) is 0.709. The minimum absolute atomic E-state index is 0.316. The summed E-state index contributed by atoms with van der Waals surface area (Å²) in [6.45, 7) is 6.21. The van der Waals surface area contributed by atoms with Crippen LogP contribution in [0.5, 0.6) is 17.2 Å². The third-order valence-corrected chi connectivity index (χ3v) is 3.92. The summed E-state index contributed by atoms with van der Waals surface area (Å²) >= 11 is 0. The Bertz CT molecular complexity index is 735. The lowest BCUT2D eigenvalue weighted by molar-refractivity contribution is 0.0521. The van der Waals surface area contributed by atoms with Gasteiger partial charge in [0, 0.05) is 5.56 Å². The standard InChI is InChI=1S/C20H24O5/c1-6-24-20(21)18-13(2)11-17(14(3)19(18)23-5)25-12-15-7-9-16(22-4)10-8-15/h7-11H,6,12H2,1-5H3. The van der Waals surface area contributed by atoms with Crippen molar-refractivity contribution in [3.05, 3.63) is 52.6 Å². The fourth-order valence-electron chi connectivity index (χ4n) is 2.60. The molecule has 0 fully saturated rings. The highest BCUT2D eigenvalue weighted by molar-refractivity contribution is 5.95. The lowest BCUT2D eigenvalue weighted by Crippen LogP contribution is -2.11. The number of ether oxygens (including phenoxy) is 4. The third kappa shape index (κ3) is 4.24. The van der Waals surface area contributed by atoms with Gasteiger partial charge >= 0.3 is 5.97 Å². The van der Waals surface area contributed by atoms with Gasteiger partial charge in [-0.15, -0.1) is 0 Å². The highest BCUT2D eigenvalue weighted by atomic mass is 16.5. The second-order valence-corrected chi connectivity index (χ2v) is 5.58. The predicted octanol–water partition coefficient (Wildman–Crippen LogP) is 4.08. The Morgan fingerprint density at radius 1 is 1.04 bits per heavy atom. The smallest absolute Gasteiger partial charge is 0.342 e. The maximum atomic E-state index is 12.2. The molecule has 2 rings (SSSR count). The zero-order valence-corrected chi connectivity index (χ0v) is 15.3. The summed E-state index contributed by atoms with van der Waals surface area (Å²) in [4.78, 5) is 12.2. The van der Waals surface area contributed by atoms with Crippen molar-refractivity contribution < 1.29 is 23.7 Å². The zero-order chi connectivity index (χ0) is 18.4. The Morgan fingerprint density at radius 3 is 2.28 bits per heavy atom. The molecule has 2 aromatic rings. The number of hydrogen-bond acceptors (Lipinski definition) is 5. The van der Waals surface area contributed by atoms with E-state index in [1.807, 2.05) is 44.2 Å². The van der Waals surface area contributed by atoms with Gasteiger partial charge in [0.1, 0.15) is 29.4 Å². The van der Waals surface area contributed by atoms with Crippen LogP contribution in [-0.2, 0) is 11.3 Å². The van der Waals surface area contributed by atoms with Crippen LogP contribution in [0.2, 0.25) is 0 Å². The first-order valence-electron chi connectivity index (χ1n) is 8.12. The zero-order valence-electron chi connectivity index (χ0n) is 15.3. The Hall–Kier alpha value is -2.69. The van der Waals surface area contributed by atoms with Crippen LogP contribution >= 0.6 is 0 Å². The van der Waals surface area contributed by atoms with E-state index < -0.39 is 0 Å². The molecule has 0 aliphatic heterocycles. The maximum absolute atomic E-state index is 12.2. The molecule has 5 heteroatoms. The number of hydrogen-bond donors (Lipinski definition) is 0. The van der Waals surface area contributed by atoms with Gasteiger partial charge in [-0.3, -0.25) is 0 Å². The van der Waals surface area contributed by atoms with E-state index >= 15 is 0 Å². The van der Waals surface area contributed by atoms with Crippen molar-refractivity contribution in [2.24, 2.45) is 0 Å². The molecule has 0 atom stereocenters. The molecular formula is C20H24O5. The van der Waals surface area contributed by atoms with E-state index in [9.17, 15) is 4.79 Å². The van der Waals surface area contributed by atoms with Gasteiger partial charge in [-0.1, -0.05) is 12.1 Å². The van der Waals surface area contributed by atoms with Crippen LogP contribution in [0.1, 0.15) is 34.0 Å². The number of rotatable bonds is 7. The minimum atomic E-state index is -0.387. The SMILES string of the molecule is CCOC(=O)c1c(C)cc(OCc2ccc(OC)cc2)c(C)c1OC. The van der Waals surface area contributed by atoms with Gasteiger partial charge in [-0.2, -0.15) is 0 Å². The van der Waals surface area contributed by atoms with Crippen LogP contribution in [0.3, 0.4) is 0 Å². The first kappa shape index (κ1) is 18.6. The Balaban J connectivity index is 2.26. The summed E-state index contributed by atoms with van der Waals surface area (Å²) in [7, 11) is 3.17. The van der Waals surface area contributed by atoms with E-state index in [1.165, 1.54) is 7.11 Å². The third-order valence-electron chi connectivity index (χ3n) is 3.92. The van der Waals surface area contributed by atoms with E-state index in [0.717, 1.165) is 22.4 Å². The molecule has 0 heterocycles. The van der Waals surface area contributed by atoms with Gasteiger partial charge in [0.2, 0.25) is 0 Å². The van der Waals surface area contributed by atoms with Crippen molar-refractivity contribution in [1.29, 1.82) is 0 Å². The number of methoxy groups -OCH3 is 2. The molecule has 2 aromatic carbocycles. The summed E-state index contributed by atoms with van der Waals surface area (Å²) in [5, 5.41) is 0. The van der Waals surface area contributed by atoms with Crippen molar-refractivity contribution in [2.75, 3.05) is 20.8 Å². The molecule has 0 unspecified atom stereocenters. The van der Waals surface area contributed by atoms with Crippen molar-refractivity contribution in [3.63, 3.8) is 0 Å². The van der Waals surface area contributed by atoms with Crippen molar-refractivity contribution >= 4 is 5.97 Å². The molecule has 0 amide bonds. The number of carbonyl (C=O) groups is 1. The average molecular weight is 344 g/mol. The van der Waals surface area contributed by atoms with Gasteiger partial charge in [0.25, 0.3) is 0 Å². The first-order valence-corrected chi connectivity index (χ1v) is 8.12. The minimum Gasteiger partial charge on any atom is -0.497 e. The molecule has 0 aliphatic carbocycles. The molecule has 0 saturated carbocycles. The fraction of sp³-hybridized carbons (Fsp3) is 0.350. The van der Waals surface area contributed by atoms with Crippen LogP contribution in [0.4, 0.5) is 0 Å². The summed E-state index contributed by atoms with van der Waals surface area (Å²) in [6, 6.07) is 9.52. The molecule has 0 spiro atoms. The molecule has 134 valence electrons. The molecule has 0 N–H and O–H groups in total. The molecule has 0 aliphatic rings. The molecular weight excluding hydrogens is 320 g/mol. The normalized spacial score (nSPS) is 10.3. The Labute approximate surface area is 148 Å². The van der Waals surface area contributed by atoms with Crippen LogP contribution in [0.15, 0.2) is 30.3 Å². The molecule has 0 radical (unpaired) electrons. The van der Waals surface area contributed by atoms with Gasteiger partial charge in [-0.05, 0) is 50.1 Å². The highest BCUT2D eigenvalue weighted by Crippen LogP contribution is 2.35. The van der Waals surface area contributed by atoms with Crippen LogP contribution in [0, 0.1) is 13.8 Å². The maximum Gasteiger partial charge on any atom is 0.342 e. The fourth-order valence-corrected chi connectivity index (χ4v) is 2.60. The molecule has 0 aromatic heterocycles. The van der Waals surface area contributed by atoms with Crippen molar-refractivity contribution in [1.82, 2.24) is 0 Å². The second-order valence-electron chi connectivity index (χ2n) is 5.58. The van der Waals surface area contributed by atoms with Gasteiger partial charge in [0.05, 0.1) is 20.8 Å². The van der Waals surface area contributed by atoms with E-state index in [0.29, 0.717) is 30.3 Å². The number of carbonyl (C=O) groups excluding carboxylic acids is 1. The van der Waals surface area contributed by atoms with E-state index in [4.69, 9.17) is 18.9 Å². The van der Waals surface area contributed by atoms with Gasteiger partial charge in [0.15, 0.2) is 0 Å². The van der Waals surface area contributed by atoms with Gasteiger partial charge in [-0.25, -0.2) is 4.79 Å².